The van der Waals surface area contributed by atoms with Gasteiger partial charge in [0.15, 0.2) is 0 Å². The standard InChI is InChI=1S/C5H8O.Li/c1-2-4-6-5-3-1;/h2,4H,1,3,5H2;. The second-order valence-electron chi connectivity index (χ2n) is 1.38. The fraction of sp³-hybridized carbons (Fsp3) is 0.600. The van der Waals surface area contributed by atoms with Crippen LogP contribution in [-0.2, 0) is 4.74 Å². The first kappa shape index (κ1) is 7.14. The van der Waals surface area contributed by atoms with Crippen LogP contribution in [0.3, 0.4) is 0 Å². The summed E-state index contributed by atoms with van der Waals surface area (Å²) in [5.41, 5.74) is 0. The molecule has 0 saturated carbocycles. The largest absolute Gasteiger partial charge is 0.502 e. The Morgan fingerprint density at radius 3 is 2.43 bits per heavy atom. The van der Waals surface area contributed by atoms with E-state index in [0.717, 1.165) is 6.61 Å². The van der Waals surface area contributed by atoms with Crippen LogP contribution in [0.2, 0.25) is 0 Å². The van der Waals surface area contributed by atoms with Gasteiger partial charge in [-0.25, -0.2) is 0 Å². The van der Waals surface area contributed by atoms with Gasteiger partial charge < -0.3 is 4.74 Å². The van der Waals surface area contributed by atoms with E-state index in [9.17, 15) is 0 Å². The molecule has 0 amide bonds. The van der Waals surface area contributed by atoms with Gasteiger partial charge in [-0.3, -0.25) is 0 Å². The fourth-order valence-electron chi connectivity index (χ4n) is 0.489. The van der Waals surface area contributed by atoms with Crippen molar-refractivity contribution < 1.29 is 4.74 Å². The zero-order valence-corrected chi connectivity index (χ0v) is 4.68. The molecule has 0 atom stereocenters. The van der Waals surface area contributed by atoms with Crippen LogP contribution < -0.4 is 0 Å². The smallest absolute Gasteiger partial charge is 0.0876 e. The monoisotopic (exact) mass is 91.1 g/mol. The van der Waals surface area contributed by atoms with Crippen LogP contribution >= 0.6 is 0 Å². The average molecular weight is 91.1 g/mol. The Hall–Kier alpha value is 0.137. The Labute approximate surface area is 55.9 Å². The van der Waals surface area contributed by atoms with Crippen LogP contribution in [0.5, 0.6) is 0 Å². The maximum atomic E-state index is 4.89. The first-order valence-corrected chi connectivity index (χ1v) is 2.27. The minimum Gasteiger partial charge on any atom is -0.502 e. The van der Waals surface area contributed by atoms with Crippen LogP contribution in [0.1, 0.15) is 12.8 Å². The van der Waals surface area contributed by atoms with Crippen molar-refractivity contribution in [2.45, 2.75) is 12.8 Å². The van der Waals surface area contributed by atoms with E-state index in [1.807, 2.05) is 6.08 Å². The third-order valence-electron chi connectivity index (χ3n) is 0.825. The second-order valence-corrected chi connectivity index (χ2v) is 1.38. The molecule has 0 aliphatic carbocycles. The van der Waals surface area contributed by atoms with Crippen molar-refractivity contribution >= 4 is 18.9 Å². The van der Waals surface area contributed by atoms with Crippen LogP contribution in [0.25, 0.3) is 0 Å². The molecule has 0 aromatic carbocycles. The maximum Gasteiger partial charge on any atom is 0.0876 e. The van der Waals surface area contributed by atoms with Gasteiger partial charge in [-0.1, -0.05) is 0 Å². The van der Waals surface area contributed by atoms with Gasteiger partial charge in [0.1, 0.15) is 0 Å². The van der Waals surface area contributed by atoms with Gasteiger partial charge in [-0.2, -0.15) is 0 Å². The zero-order chi connectivity index (χ0) is 4.24. The van der Waals surface area contributed by atoms with Crippen LogP contribution in [0.4, 0.5) is 0 Å². The first-order chi connectivity index (χ1) is 3.00. The summed E-state index contributed by atoms with van der Waals surface area (Å²) >= 11 is 0. The van der Waals surface area contributed by atoms with Gasteiger partial charge in [0.25, 0.3) is 0 Å². The van der Waals surface area contributed by atoms with E-state index in [2.05, 4.69) is 0 Å². The number of hydrogen-bond acceptors (Lipinski definition) is 1. The van der Waals surface area contributed by atoms with Crippen molar-refractivity contribution in [1.29, 1.82) is 0 Å². The van der Waals surface area contributed by atoms with Crippen molar-refractivity contribution in [2.75, 3.05) is 6.61 Å². The predicted octanol–water partition coefficient (Wildman–Crippen LogP) is 0.930. The molecule has 0 aromatic heterocycles. The normalized spacial score (nSPS) is 17.1. The van der Waals surface area contributed by atoms with Crippen LogP contribution in [0, 0.1) is 0 Å². The summed E-state index contributed by atoms with van der Waals surface area (Å²) in [4.78, 5) is 0. The molecular formula is C5H8LiO. The molecule has 0 aromatic rings. The Bertz CT molecular complexity index is 53.1. The van der Waals surface area contributed by atoms with E-state index in [-0.39, 0.29) is 18.9 Å². The Balaban J connectivity index is 0.000000360. The van der Waals surface area contributed by atoms with Gasteiger partial charge in [0, 0.05) is 18.9 Å². The minimum absolute atomic E-state index is 0. The molecule has 0 fully saturated rings. The van der Waals surface area contributed by atoms with E-state index in [4.69, 9.17) is 4.74 Å². The molecule has 0 N–H and O–H groups in total. The molecule has 1 aliphatic rings. The quantitative estimate of drug-likeness (QED) is 0.403. The molecule has 0 saturated heterocycles. The van der Waals surface area contributed by atoms with E-state index in [1.54, 1.807) is 6.26 Å². The van der Waals surface area contributed by atoms with E-state index in [0.29, 0.717) is 0 Å². The Kier molecular flexibility index (Phi) is 4.38. The maximum absolute atomic E-state index is 4.89. The van der Waals surface area contributed by atoms with Crippen molar-refractivity contribution in [3.63, 3.8) is 0 Å². The molecule has 0 bridgehead atoms. The third kappa shape index (κ3) is 2.79. The van der Waals surface area contributed by atoms with Gasteiger partial charge >= 0.3 is 0 Å². The summed E-state index contributed by atoms with van der Waals surface area (Å²) in [6.45, 7) is 0.913. The molecular weight excluding hydrogens is 83.0 g/mol. The summed E-state index contributed by atoms with van der Waals surface area (Å²) in [5.74, 6) is 0. The van der Waals surface area contributed by atoms with Gasteiger partial charge in [0.05, 0.1) is 12.9 Å². The van der Waals surface area contributed by atoms with Gasteiger partial charge in [-0.15, -0.1) is 0 Å². The third-order valence-corrected chi connectivity index (χ3v) is 0.825. The summed E-state index contributed by atoms with van der Waals surface area (Å²) in [6.07, 6.45) is 6.20. The molecule has 2 heteroatoms. The number of rotatable bonds is 0. The van der Waals surface area contributed by atoms with Crippen LogP contribution in [0.15, 0.2) is 12.3 Å². The SMILES string of the molecule is C1=COCCC1.[Li]. The molecule has 0 spiro atoms. The molecule has 0 unspecified atom stereocenters. The summed E-state index contributed by atoms with van der Waals surface area (Å²) < 4.78 is 4.89. The fourth-order valence-corrected chi connectivity index (χ4v) is 0.489. The van der Waals surface area contributed by atoms with E-state index >= 15 is 0 Å². The van der Waals surface area contributed by atoms with E-state index in [1.165, 1.54) is 12.8 Å². The summed E-state index contributed by atoms with van der Waals surface area (Å²) in [6, 6.07) is 0. The Morgan fingerprint density at radius 1 is 1.43 bits per heavy atom. The Morgan fingerprint density at radius 2 is 2.29 bits per heavy atom. The van der Waals surface area contributed by atoms with Crippen molar-refractivity contribution in [1.82, 2.24) is 0 Å². The van der Waals surface area contributed by atoms with Crippen molar-refractivity contribution in [3.8, 4) is 0 Å². The molecule has 1 rings (SSSR count). The molecule has 1 radical (unpaired) electrons. The molecule has 1 heterocycles. The molecule has 7 heavy (non-hydrogen) atoms. The number of ether oxygens (including phenoxy) is 1. The first-order valence-electron chi connectivity index (χ1n) is 2.27. The number of allylic oxidation sites excluding steroid dienone is 1. The zero-order valence-electron chi connectivity index (χ0n) is 4.68. The van der Waals surface area contributed by atoms with Crippen molar-refractivity contribution in [2.24, 2.45) is 0 Å². The topological polar surface area (TPSA) is 9.23 Å². The number of hydrogen-bond donors (Lipinski definition) is 0. The van der Waals surface area contributed by atoms with Crippen LogP contribution in [-0.4, -0.2) is 25.5 Å². The molecule has 35 valence electrons. The van der Waals surface area contributed by atoms with Gasteiger partial charge in [-0.05, 0) is 18.9 Å². The molecule has 1 nitrogen and oxygen atoms in total. The van der Waals surface area contributed by atoms with E-state index < -0.39 is 0 Å². The second kappa shape index (κ2) is 4.30. The summed E-state index contributed by atoms with van der Waals surface area (Å²) in [5, 5.41) is 0. The minimum atomic E-state index is 0. The summed E-state index contributed by atoms with van der Waals surface area (Å²) in [7, 11) is 0. The average Bonchev–Trinajstić information content (AvgIpc) is 1.72. The van der Waals surface area contributed by atoms with Gasteiger partial charge in [0.2, 0.25) is 0 Å². The van der Waals surface area contributed by atoms with Crippen molar-refractivity contribution in [3.05, 3.63) is 12.3 Å². The predicted molar refractivity (Wildman–Crippen MR) is 30.1 cm³/mol. The molecule has 1 aliphatic heterocycles.